The number of nitrogens with one attached hydrogen (secondary N) is 1. The van der Waals surface area contributed by atoms with E-state index in [9.17, 15) is 18.0 Å². The Morgan fingerprint density at radius 2 is 1.82 bits per heavy atom. The SMILES string of the molecule is N=C1C(=Cc2cn(CCOc3ccc(C4CCCCC4)cc3)c3ccccc23)C(=O)N=C2SC(C(F)(F)F)=NN12. The molecule has 3 aromatic rings. The van der Waals surface area contributed by atoms with Crippen LogP contribution in [0.1, 0.15) is 49.1 Å². The van der Waals surface area contributed by atoms with Crippen LogP contribution in [0.2, 0.25) is 0 Å². The molecule has 1 aliphatic carbocycles. The van der Waals surface area contributed by atoms with Gasteiger partial charge in [-0.2, -0.15) is 28.3 Å². The third kappa shape index (κ3) is 5.17. The molecule has 3 aliphatic rings. The van der Waals surface area contributed by atoms with Crippen LogP contribution in [0.3, 0.4) is 0 Å². The summed E-state index contributed by atoms with van der Waals surface area (Å²) >= 11 is 0.233. The summed E-state index contributed by atoms with van der Waals surface area (Å²) in [7, 11) is 0. The lowest BCUT2D eigenvalue weighted by atomic mass is 9.84. The van der Waals surface area contributed by atoms with Crippen molar-refractivity contribution >= 4 is 50.7 Å². The maximum atomic E-state index is 13.1. The number of amidine groups is 2. The van der Waals surface area contributed by atoms with E-state index in [-0.39, 0.29) is 22.5 Å². The molecule has 40 heavy (non-hydrogen) atoms. The summed E-state index contributed by atoms with van der Waals surface area (Å²) < 4.78 is 47.4. The van der Waals surface area contributed by atoms with Gasteiger partial charge in [0.25, 0.3) is 5.91 Å². The fraction of sp³-hybridized carbons (Fsp3) is 0.310. The van der Waals surface area contributed by atoms with Crippen molar-refractivity contribution in [3.8, 4) is 5.75 Å². The summed E-state index contributed by atoms with van der Waals surface area (Å²) in [6.45, 7) is 0.948. The lowest BCUT2D eigenvalue weighted by Crippen LogP contribution is -2.35. The van der Waals surface area contributed by atoms with E-state index in [1.165, 1.54) is 43.7 Å². The van der Waals surface area contributed by atoms with Crippen molar-refractivity contribution in [3.63, 3.8) is 0 Å². The van der Waals surface area contributed by atoms with Crippen LogP contribution in [-0.4, -0.2) is 44.3 Å². The normalized spacial score (nSPS) is 19.3. The highest BCUT2D eigenvalue weighted by atomic mass is 32.2. The molecule has 7 nitrogen and oxygen atoms in total. The minimum Gasteiger partial charge on any atom is -0.492 e. The van der Waals surface area contributed by atoms with Crippen LogP contribution in [0.4, 0.5) is 13.2 Å². The standard InChI is InChI=1S/C29H26F3N5O2S/c30-29(31,32)27-35-37-25(33)23(26(38)34-28(37)40-27)16-20-17-36(24-9-5-4-8-22(20)24)14-15-39-21-12-10-19(11-13-21)18-6-2-1-3-7-18/h4-5,8-13,16-18,33H,1-3,6-7,14-15H2. The summed E-state index contributed by atoms with van der Waals surface area (Å²) in [5.74, 6) is 0.215. The second kappa shape index (κ2) is 10.6. The maximum absolute atomic E-state index is 13.1. The van der Waals surface area contributed by atoms with Gasteiger partial charge in [-0.15, -0.1) is 0 Å². The van der Waals surface area contributed by atoms with Crippen molar-refractivity contribution < 1.29 is 22.7 Å². The molecule has 11 heteroatoms. The molecule has 1 saturated carbocycles. The predicted molar refractivity (Wildman–Crippen MR) is 151 cm³/mol. The number of hydrazone groups is 1. The average molecular weight is 566 g/mol. The van der Waals surface area contributed by atoms with Crippen LogP contribution in [0.5, 0.6) is 5.75 Å². The molecule has 6 rings (SSSR count). The van der Waals surface area contributed by atoms with E-state index < -0.39 is 23.0 Å². The number of para-hydroxylation sites is 1. The number of hydrogen-bond donors (Lipinski definition) is 1. The Bertz CT molecular complexity index is 1570. The molecule has 1 fully saturated rings. The molecule has 0 radical (unpaired) electrons. The van der Waals surface area contributed by atoms with Crippen LogP contribution >= 0.6 is 11.8 Å². The number of fused-ring (bicyclic) bond motifs is 2. The van der Waals surface area contributed by atoms with E-state index in [0.29, 0.717) is 24.6 Å². The zero-order valence-corrected chi connectivity index (χ0v) is 22.3. The topological polar surface area (TPSA) is 83.0 Å². The highest BCUT2D eigenvalue weighted by molar-refractivity contribution is 8.27. The molecule has 0 bridgehead atoms. The van der Waals surface area contributed by atoms with E-state index in [1.807, 2.05) is 47.2 Å². The number of thioether (sulfide) groups is 1. The van der Waals surface area contributed by atoms with Crippen LogP contribution < -0.4 is 4.74 Å². The van der Waals surface area contributed by atoms with Gasteiger partial charge in [-0.25, -0.2) is 0 Å². The second-order valence-electron chi connectivity index (χ2n) is 9.97. The van der Waals surface area contributed by atoms with Gasteiger partial charge in [-0.1, -0.05) is 49.6 Å². The Morgan fingerprint density at radius 1 is 1.07 bits per heavy atom. The van der Waals surface area contributed by atoms with Gasteiger partial charge in [-0.05, 0) is 60.4 Å². The van der Waals surface area contributed by atoms with Crippen molar-refractivity contribution in [1.82, 2.24) is 9.58 Å². The monoisotopic (exact) mass is 565 g/mol. The number of aliphatic imine (C=N–C) groups is 1. The van der Waals surface area contributed by atoms with E-state index in [2.05, 4.69) is 22.2 Å². The number of halogens is 3. The van der Waals surface area contributed by atoms with Crippen molar-refractivity contribution in [1.29, 1.82) is 5.41 Å². The third-order valence-electron chi connectivity index (χ3n) is 7.37. The number of ether oxygens (including phenoxy) is 1. The molecule has 2 aromatic carbocycles. The molecule has 1 N–H and O–H groups in total. The molecule has 2 aliphatic heterocycles. The molecule has 1 aromatic heterocycles. The highest BCUT2D eigenvalue weighted by Gasteiger charge is 2.46. The molecule has 0 atom stereocenters. The van der Waals surface area contributed by atoms with Gasteiger partial charge < -0.3 is 9.30 Å². The van der Waals surface area contributed by atoms with Crippen molar-refractivity contribution in [2.24, 2.45) is 10.1 Å². The third-order valence-corrected chi connectivity index (χ3v) is 8.33. The minimum absolute atomic E-state index is 0.131. The fourth-order valence-corrected chi connectivity index (χ4v) is 6.13. The van der Waals surface area contributed by atoms with E-state index in [4.69, 9.17) is 10.1 Å². The lowest BCUT2D eigenvalue weighted by Gasteiger charge is -2.22. The van der Waals surface area contributed by atoms with Gasteiger partial charge in [0.05, 0.1) is 12.1 Å². The first kappa shape index (κ1) is 26.4. The number of rotatable bonds is 6. The number of aromatic nitrogens is 1. The largest absolute Gasteiger partial charge is 0.492 e. The molecular weight excluding hydrogens is 539 g/mol. The molecule has 1 amide bonds. The number of hydrogen-bond acceptors (Lipinski definition) is 5. The Labute approximate surface area is 232 Å². The minimum atomic E-state index is -4.69. The predicted octanol–water partition coefficient (Wildman–Crippen LogP) is 6.95. The zero-order chi connectivity index (χ0) is 27.9. The quantitative estimate of drug-likeness (QED) is 0.328. The first-order valence-electron chi connectivity index (χ1n) is 13.2. The van der Waals surface area contributed by atoms with Gasteiger partial charge in [0.2, 0.25) is 10.2 Å². The average Bonchev–Trinajstić information content (AvgIpc) is 3.54. The number of benzene rings is 2. The van der Waals surface area contributed by atoms with Gasteiger partial charge in [0, 0.05) is 22.7 Å². The maximum Gasteiger partial charge on any atom is 0.441 e. The van der Waals surface area contributed by atoms with Crippen LogP contribution in [0, 0.1) is 5.41 Å². The number of carbonyl (C=O) groups excluding carboxylic acids is 1. The first-order chi connectivity index (χ1) is 19.3. The van der Waals surface area contributed by atoms with Crippen molar-refractivity contribution in [2.75, 3.05) is 6.61 Å². The van der Waals surface area contributed by atoms with E-state index in [1.54, 1.807) is 0 Å². The molecule has 206 valence electrons. The summed E-state index contributed by atoms with van der Waals surface area (Å²) in [6.07, 6.45) is 5.04. The van der Waals surface area contributed by atoms with Crippen LogP contribution in [0.15, 0.2) is 70.4 Å². The lowest BCUT2D eigenvalue weighted by molar-refractivity contribution is -0.114. The molecule has 0 saturated heterocycles. The highest BCUT2D eigenvalue weighted by Crippen LogP contribution is 2.36. The van der Waals surface area contributed by atoms with Crippen LogP contribution in [-0.2, 0) is 11.3 Å². The molecule has 0 unspecified atom stereocenters. The van der Waals surface area contributed by atoms with Crippen LogP contribution in [0.25, 0.3) is 17.0 Å². The summed E-state index contributed by atoms with van der Waals surface area (Å²) in [6, 6.07) is 16.0. The van der Waals surface area contributed by atoms with Gasteiger partial charge in [0.15, 0.2) is 5.84 Å². The summed E-state index contributed by atoms with van der Waals surface area (Å²) in [4.78, 5) is 16.5. The second-order valence-corrected chi connectivity index (χ2v) is 10.9. The Balaban J connectivity index is 1.19. The van der Waals surface area contributed by atoms with E-state index >= 15 is 0 Å². The Morgan fingerprint density at radius 3 is 2.58 bits per heavy atom. The Hall–Kier alpha value is -3.86. The number of nitrogens with zero attached hydrogens (tertiary/aromatic N) is 4. The smallest absolute Gasteiger partial charge is 0.441 e. The molecule has 0 spiro atoms. The summed E-state index contributed by atoms with van der Waals surface area (Å²) in [5.41, 5.74) is 2.78. The van der Waals surface area contributed by atoms with Gasteiger partial charge >= 0.3 is 6.18 Å². The number of amides is 1. The fourth-order valence-electron chi connectivity index (χ4n) is 5.37. The van der Waals surface area contributed by atoms with Gasteiger partial charge in [-0.3, -0.25) is 10.2 Å². The Kier molecular flexibility index (Phi) is 6.99. The van der Waals surface area contributed by atoms with Gasteiger partial charge in [0.1, 0.15) is 12.4 Å². The number of alkyl halides is 3. The first-order valence-corrected chi connectivity index (χ1v) is 14.0. The molecule has 3 heterocycles. The zero-order valence-electron chi connectivity index (χ0n) is 21.4. The molecular formula is C29H26F3N5O2S. The summed E-state index contributed by atoms with van der Waals surface area (Å²) in [5, 5.41) is 12.0. The van der Waals surface area contributed by atoms with E-state index in [0.717, 1.165) is 21.7 Å². The van der Waals surface area contributed by atoms with Crippen molar-refractivity contribution in [2.45, 2.75) is 50.7 Å². The van der Waals surface area contributed by atoms with Crippen molar-refractivity contribution in [3.05, 3.63) is 71.4 Å². The number of carbonyl (C=O) groups is 1.